The Labute approximate surface area is 79.6 Å². The molecule has 1 aliphatic rings. The van der Waals surface area contributed by atoms with Crippen molar-refractivity contribution in [3.8, 4) is 0 Å². The van der Waals surface area contributed by atoms with E-state index in [2.05, 4.69) is 13.0 Å². The van der Waals surface area contributed by atoms with Crippen molar-refractivity contribution in [2.24, 2.45) is 11.8 Å². The number of allylic oxidation sites excluding steroid dienone is 2. The number of carbonyl (C=O) groups is 1. The van der Waals surface area contributed by atoms with E-state index in [4.69, 9.17) is 5.11 Å². The zero-order valence-corrected chi connectivity index (χ0v) is 8.42. The highest BCUT2D eigenvalue weighted by molar-refractivity contribution is 5.67. The molecule has 0 saturated heterocycles. The molecule has 0 aromatic rings. The van der Waals surface area contributed by atoms with Crippen LogP contribution in [0.5, 0.6) is 0 Å². The molecular weight excluding hydrogens is 164 g/mol. The normalized spacial score (nSPS) is 25.1. The van der Waals surface area contributed by atoms with Crippen molar-refractivity contribution in [1.82, 2.24) is 0 Å². The molecule has 2 heteroatoms. The fourth-order valence-electron chi connectivity index (χ4n) is 1.94. The minimum atomic E-state index is -0.668. The fraction of sp³-hybridized carbons (Fsp3) is 0.727. The van der Waals surface area contributed by atoms with Gasteiger partial charge in [0.05, 0.1) is 0 Å². The van der Waals surface area contributed by atoms with Gasteiger partial charge in [-0.3, -0.25) is 4.79 Å². The topological polar surface area (TPSA) is 37.3 Å². The summed E-state index contributed by atoms with van der Waals surface area (Å²) in [6, 6.07) is 0. The first-order valence-electron chi connectivity index (χ1n) is 4.97. The number of carboxylic acids is 1. The molecule has 0 heterocycles. The van der Waals surface area contributed by atoms with Gasteiger partial charge in [0, 0.05) is 6.42 Å². The molecule has 1 rings (SSSR count). The first-order chi connectivity index (χ1) is 6.09. The standard InChI is InChI=1S/C11H18O2/c1-8-3-5-10(6-4-8)9(2)7-11(12)13/h3,9-10H,4-7H2,1-2H3,(H,12,13). The molecule has 2 nitrogen and oxygen atoms in total. The lowest BCUT2D eigenvalue weighted by Gasteiger charge is -2.25. The smallest absolute Gasteiger partial charge is 0.303 e. The van der Waals surface area contributed by atoms with Crippen LogP contribution in [0.15, 0.2) is 11.6 Å². The Kier molecular flexibility index (Phi) is 3.52. The van der Waals surface area contributed by atoms with Gasteiger partial charge in [-0.1, -0.05) is 18.6 Å². The number of carboxylic acid groups (broad SMARTS) is 1. The molecule has 0 radical (unpaired) electrons. The van der Waals surface area contributed by atoms with Crippen molar-refractivity contribution in [1.29, 1.82) is 0 Å². The van der Waals surface area contributed by atoms with E-state index in [1.54, 1.807) is 0 Å². The van der Waals surface area contributed by atoms with Gasteiger partial charge in [-0.15, -0.1) is 0 Å². The highest BCUT2D eigenvalue weighted by Crippen LogP contribution is 2.30. The Hall–Kier alpha value is -0.790. The Bertz CT molecular complexity index is 218. The van der Waals surface area contributed by atoms with Gasteiger partial charge < -0.3 is 5.11 Å². The van der Waals surface area contributed by atoms with Crippen LogP contribution >= 0.6 is 0 Å². The molecule has 0 fully saturated rings. The van der Waals surface area contributed by atoms with Crippen LogP contribution in [0.1, 0.15) is 39.5 Å². The molecule has 0 aromatic carbocycles. The summed E-state index contributed by atoms with van der Waals surface area (Å²) in [4.78, 5) is 10.5. The molecule has 1 aliphatic carbocycles. The van der Waals surface area contributed by atoms with E-state index in [0.29, 0.717) is 18.3 Å². The van der Waals surface area contributed by atoms with Gasteiger partial charge in [-0.25, -0.2) is 0 Å². The molecule has 0 bridgehead atoms. The molecular formula is C11H18O2. The highest BCUT2D eigenvalue weighted by atomic mass is 16.4. The maximum atomic E-state index is 10.5. The Morgan fingerprint density at radius 3 is 2.92 bits per heavy atom. The van der Waals surface area contributed by atoms with Gasteiger partial charge in [-0.05, 0) is 38.0 Å². The van der Waals surface area contributed by atoms with Crippen LogP contribution in [0.25, 0.3) is 0 Å². The van der Waals surface area contributed by atoms with E-state index in [-0.39, 0.29) is 0 Å². The quantitative estimate of drug-likeness (QED) is 0.681. The largest absolute Gasteiger partial charge is 0.481 e. The maximum Gasteiger partial charge on any atom is 0.303 e. The summed E-state index contributed by atoms with van der Waals surface area (Å²) in [6.45, 7) is 4.20. The predicted molar refractivity (Wildman–Crippen MR) is 52.5 cm³/mol. The molecule has 0 aromatic heterocycles. The zero-order chi connectivity index (χ0) is 9.84. The van der Waals surface area contributed by atoms with E-state index in [9.17, 15) is 4.79 Å². The molecule has 0 amide bonds. The van der Waals surface area contributed by atoms with Gasteiger partial charge in [0.1, 0.15) is 0 Å². The summed E-state index contributed by atoms with van der Waals surface area (Å²) >= 11 is 0. The summed E-state index contributed by atoms with van der Waals surface area (Å²) in [6.07, 6.45) is 5.95. The van der Waals surface area contributed by atoms with Crippen molar-refractivity contribution in [3.63, 3.8) is 0 Å². The monoisotopic (exact) mass is 182 g/mol. The Balaban J connectivity index is 2.40. The molecule has 13 heavy (non-hydrogen) atoms. The molecule has 0 saturated carbocycles. The summed E-state index contributed by atoms with van der Waals surface area (Å²) < 4.78 is 0. The number of hydrogen-bond acceptors (Lipinski definition) is 1. The van der Waals surface area contributed by atoms with Gasteiger partial charge in [0.2, 0.25) is 0 Å². The third kappa shape index (κ3) is 3.21. The summed E-state index contributed by atoms with van der Waals surface area (Å²) in [5.74, 6) is 0.237. The molecule has 74 valence electrons. The van der Waals surface area contributed by atoms with Crippen LogP contribution in [-0.2, 0) is 4.79 Å². The lowest BCUT2D eigenvalue weighted by atomic mass is 9.80. The first kappa shape index (κ1) is 10.3. The summed E-state index contributed by atoms with van der Waals surface area (Å²) in [7, 11) is 0. The van der Waals surface area contributed by atoms with Gasteiger partial charge in [0.25, 0.3) is 0 Å². The van der Waals surface area contributed by atoms with Crippen LogP contribution in [0.4, 0.5) is 0 Å². The van der Waals surface area contributed by atoms with Crippen LogP contribution < -0.4 is 0 Å². The molecule has 2 atom stereocenters. The summed E-state index contributed by atoms with van der Waals surface area (Å²) in [5, 5.41) is 8.65. The molecule has 2 unspecified atom stereocenters. The van der Waals surface area contributed by atoms with E-state index >= 15 is 0 Å². The van der Waals surface area contributed by atoms with E-state index in [0.717, 1.165) is 19.3 Å². The molecule has 1 N–H and O–H groups in total. The van der Waals surface area contributed by atoms with Crippen LogP contribution in [0.2, 0.25) is 0 Å². The lowest BCUT2D eigenvalue weighted by Crippen LogP contribution is -2.17. The highest BCUT2D eigenvalue weighted by Gasteiger charge is 2.20. The van der Waals surface area contributed by atoms with Gasteiger partial charge in [-0.2, -0.15) is 0 Å². The van der Waals surface area contributed by atoms with Crippen LogP contribution in [-0.4, -0.2) is 11.1 Å². The molecule has 0 aliphatic heterocycles. The Morgan fingerprint density at radius 2 is 2.46 bits per heavy atom. The molecule has 0 spiro atoms. The average Bonchev–Trinajstić information content (AvgIpc) is 2.04. The first-order valence-corrected chi connectivity index (χ1v) is 4.97. The average molecular weight is 182 g/mol. The second kappa shape index (κ2) is 4.45. The lowest BCUT2D eigenvalue weighted by molar-refractivity contribution is -0.138. The second-order valence-electron chi connectivity index (χ2n) is 4.16. The van der Waals surface area contributed by atoms with Crippen molar-refractivity contribution in [2.75, 3.05) is 0 Å². The third-order valence-corrected chi connectivity index (χ3v) is 2.98. The van der Waals surface area contributed by atoms with Crippen molar-refractivity contribution < 1.29 is 9.90 Å². The van der Waals surface area contributed by atoms with E-state index < -0.39 is 5.97 Å². The van der Waals surface area contributed by atoms with E-state index in [1.165, 1.54) is 5.57 Å². The number of rotatable bonds is 3. The maximum absolute atomic E-state index is 10.5. The van der Waals surface area contributed by atoms with E-state index in [1.807, 2.05) is 6.92 Å². The zero-order valence-electron chi connectivity index (χ0n) is 8.42. The Morgan fingerprint density at radius 1 is 1.77 bits per heavy atom. The van der Waals surface area contributed by atoms with Crippen LogP contribution in [0.3, 0.4) is 0 Å². The van der Waals surface area contributed by atoms with Crippen molar-refractivity contribution in [2.45, 2.75) is 39.5 Å². The number of hydrogen-bond donors (Lipinski definition) is 1. The minimum Gasteiger partial charge on any atom is -0.481 e. The fourth-order valence-corrected chi connectivity index (χ4v) is 1.94. The second-order valence-corrected chi connectivity index (χ2v) is 4.16. The summed E-state index contributed by atoms with van der Waals surface area (Å²) in [5.41, 5.74) is 1.46. The number of aliphatic carboxylic acids is 1. The predicted octanol–water partition coefficient (Wildman–Crippen LogP) is 2.84. The third-order valence-electron chi connectivity index (χ3n) is 2.98. The van der Waals surface area contributed by atoms with Crippen LogP contribution in [0, 0.1) is 11.8 Å². The van der Waals surface area contributed by atoms with Gasteiger partial charge in [0.15, 0.2) is 0 Å². The minimum absolute atomic E-state index is 0.317. The SMILES string of the molecule is CC1=CCC(C(C)CC(=O)O)CC1. The van der Waals surface area contributed by atoms with Gasteiger partial charge >= 0.3 is 5.97 Å². The van der Waals surface area contributed by atoms with Crippen molar-refractivity contribution >= 4 is 5.97 Å². The van der Waals surface area contributed by atoms with Crippen molar-refractivity contribution in [3.05, 3.63) is 11.6 Å².